The maximum absolute atomic E-state index is 12.7. The van der Waals surface area contributed by atoms with E-state index in [9.17, 15) is 4.79 Å². The molecule has 0 saturated carbocycles. The fourth-order valence-corrected chi connectivity index (χ4v) is 2.81. The minimum absolute atomic E-state index is 0.200. The lowest BCUT2D eigenvalue weighted by atomic mass is 10.1. The number of hydrogen-bond acceptors (Lipinski definition) is 4. The van der Waals surface area contributed by atoms with Gasteiger partial charge < -0.3 is 10.1 Å². The summed E-state index contributed by atoms with van der Waals surface area (Å²) in [6.07, 6.45) is 1.55. The van der Waals surface area contributed by atoms with Crippen LogP contribution >= 0.6 is 0 Å². The van der Waals surface area contributed by atoms with Crippen molar-refractivity contribution in [2.24, 2.45) is 0 Å². The molecule has 0 saturated heterocycles. The second-order valence-corrected chi connectivity index (χ2v) is 5.77. The van der Waals surface area contributed by atoms with Gasteiger partial charge in [0, 0.05) is 17.0 Å². The molecule has 1 aromatic carbocycles. The molecule has 0 spiro atoms. The zero-order chi connectivity index (χ0) is 17.3. The highest BCUT2D eigenvalue weighted by Gasteiger charge is 2.19. The molecule has 0 aliphatic rings. The molecule has 2 aromatic heterocycles. The topological polar surface area (TPSA) is 68.5 Å². The van der Waals surface area contributed by atoms with Crippen LogP contribution in [0.15, 0.2) is 36.5 Å². The number of nitrogens with zero attached hydrogens (tertiary/aromatic N) is 3. The quantitative estimate of drug-likeness (QED) is 0.801. The van der Waals surface area contributed by atoms with Crippen molar-refractivity contribution in [1.29, 1.82) is 0 Å². The molecule has 1 unspecified atom stereocenters. The summed E-state index contributed by atoms with van der Waals surface area (Å²) in [4.78, 5) is 17.1. The Kier molecular flexibility index (Phi) is 4.20. The van der Waals surface area contributed by atoms with Gasteiger partial charge in [-0.15, -0.1) is 0 Å². The number of aromatic nitrogens is 3. The summed E-state index contributed by atoms with van der Waals surface area (Å²) in [6.45, 7) is 5.76. The number of fused-ring (bicyclic) bond motifs is 1. The molecule has 0 aliphatic heterocycles. The molecular weight excluding hydrogens is 304 g/mol. The fourth-order valence-electron chi connectivity index (χ4n) is 2.81. The Hall–Kier alpha value is -2.89. The van der Waals surface area contributed by atoms with Gasteiger partial charge in [-0.25, -0.2) is 9.50 Å². The van der Waals surface area contributed by atoms with E-state index in [1.54, 1.807) is 17.8 Å². The van der Waals surface area contributed by atoms with E-state index in [2.05, 4.69) is 15.4 Å². The minimum atomic E-state index is -0.207. The van der Waals surface area contributed by atoms with E-state index in [-0.39, 0.29) is 11.9 Å². The summed E-state index contributed by atoms with van der Waals surface area (Å²) >= 11 is 0. The third-order valence-electron chi connectivity index (χ3n) is 3.98. The summed E-state index contributed by atoms with van der Waals surface area (Å²) in [5, 5.41) is 7.25. The summed E-state index contributed by atoms with van der Waals surface area (Å²) in [5.41, 5.74) is 3.74. The predicted molar refractivity (Wildman–Crippen MR) is 91.3 cm³/mol. The van der Waals surface area contributed by atoms with E-state index < -0.39 is 0 Å². The van der Waals surface area contributed by atoms with Gasteiger partial charge in [-0.2, -0.15) is 5.10 Å². The number of amides is 1. The van der Waals surface area contributed by atoms with Crippen LogP contribution in [-0.4, -0.2) is 27.6 Å². The number of benzene rings is 1. The Morgan fingerprint density at radius 3 is 2.79 bits per heavy atom. The summed E-state index contributed by atoms with van der Waals surface area (Å²) in [5.74, 6) is 0.538. The number of rotatable bonds is 4. The highest BCUT2D eigenvalue weighted by Crippen LogP contribution is 2.24. The molecular formula is C18H20N4O2. The molecule has 3 rings (SSSR count). The predicted octanol–water partition coefficient (Wildman–Crippen LogP) is 2.85. The lowest BCUT2D eigenvalue weighted by Gasteiger charge is -2.16. The zero-order valence-electron chi connectivity index (χ0n) is 14.2. The molecule has 0 bridgehead atoms. The third kappa shape index (κ3) is 2.82. The first-order chi connectivity index (χ1) is 11.5. The minimum Gasteiger partial charge on any atom is -0.496 e. The maximum atomic E-state index is 12.7. The fraction of sp³-hybridized carbons (Fsp3) is 0.278. The molecule has 6 heteroatoms. The third-order valence-corrected chi connectivity index (χ3v) is 3.98. The van der Waals surface area contributed by atoms with Crippen molar-refractivity contribution in [3.63, 3.8) is 0 Å². The van der Waals surface area contributed by atoms with Gasteiger partial charge in [-0.3, -0.25) is 4.79 Å². The smallest absolute Gasteiger partial charge is 0.257 e. The highest BCUT2D eigenvalue weighted by atomic mass is 16.5. The molecule has 24 heavy (non-hydrogen) atoms. The Labute approximate surface area is 140 Å². The molecule has 1 N–H and O–H groups in total. The molecule has 1 atom stereocenters. The van der Waals surface area contributed by atoms with Crippen LogP contribution in [0.1, 0.15) is 40.3 Å². The second kappa shape index (κ2) is 6.31. The van der Waals surface area contributed by atoms with Crippen molar-refractivity contribution in [3.8, 4) is 5.75 Å². The number of ether oxygens (including phenoxy) is 1. The number of para-hydroxylation sites is 1. The number of aryl methyl sites for hydroxylation is 2. The lowest BCUT2D eigenvalue weighted by Crippen LogP contribution is -2.27. The summed E-state index contributed by atoms with van der Waals surface area (Å²) < 4.78 is 7.04. The number of methoxy groups -OCH3 is 1. The van der Waals surface area contributed by atoms with E-state index in [4.69, 9.17) is 4.74 Å². The van der Waals surface area contributed by atoms with Gasteiger partial charge in [0.15, 0.2) is 5.65 Å². The van der Waals surface area contributed by atoms with Crippen LogP contribution in [0.25, 0.3) is 5.65 Å². The van der Waals surface area contributed by atoms with Crippen molar-refractivity contribution >= 4 is 11.6 Å². The van der Waals surface area contributed by atoms with Crippen molar-refractivity contribution in [2.75, 3.05) is 7.11 Å². The maximum Gasteiger partial charge on any atom is 0.257 e. The molecule has 0 radical (unpaired) electrons. The average molecular weight is 324 g/mol. The van der Waals surface area contributed by atoms with Crippen LogP contribution in [0.4, 0.5) is 0 Å². The standard InChI is InChI=1S/C18H20N4O2/c1-11-9-12(2)22-17(20-11)15(10-19-22)18(23)21-13(3)14-7-5-6-8-16(14)24-4/h5-10,13H,1-4H3,(H,21,23). The highest BCUT2D eigenvalue weighted by molar-refractivity contribution is 5.99. The van der Waals surface area contributed by atoms with Gasteiger partial charge in [0.2, 0.25) is 0 Å². The monoisotopic (exact) mass is 324 g/mol. The van der Waals surface area contributed by atoms with Crippen LogP contribution in [0.2, 0.25) is 0 Å². The average Bonchev–Trinajstić information content (AvgIpc) is 2.98. The van der Waals surface area contributed by atoms with Crippen molar-refractivity contribution in [2.45, 2.75) is 26.8 Å². The molecule has 0 aliphatic carbocycles. The van der Waals surface area contributed by atoms with E-state index in [1.807, 2.05) is 51.1 Å². The number of carbonyl (C=O) groups excluding carboxylic acids is 1. The van der Waals surface area contributed by atoms with E-state index in [1.165, 1.54) is 0 Å². The molecule has 3 aromatic rings. The van der Waals surface area contributed by atoms with Gasteiger partial charge in [0.1, 0.15) is 11.3 Å². The Bertz CT molecular complexity index is 901. The number of nitrogens with one attached hydrogen (secondary N) is 1. The van der Waals surface area contributed by atoms with Crippen LogP contribution in [0.5, 0.6) is 5.75 Å². The Balaban J connectivity index is 1.90. The molecule has 0 fully saturated rings. The van der Waals surface area contributed by atoms with Gasteiger partial charge in [0.05, 0.1) is 19.3 Å². The largest absolute Gasteiger partial charge is 0.496 e. The molecule has 124 valence electrons. The zero-order valence-corrected chi connectivity index (χ0v) is 14.2. The van der Waals surface area contributed by atoms with Gasteiger partial charge in [0.25, 0.3) is 5.91 Å². The van der Waals surface area contributed by atoms with Gasteiger partial charge in [-0.05, 0) is 32.9 Å². The van der Waals surface area contributed by atoms with Crippen molar-refractivity contribution < 1.29 is 9.53 Å². The first kappa shape index (κ1) is 16.0. The molecule has 2 heterocycles. The Morgan fingerprint density at radius 1 is 1.29 bits per heavy atom. The Morgan fingerprint density at radius 2 is 2.04 bits per heavy atom. The van der Waals surface area contributed by atoms with E-state index >= 15 is 0 Å². The van der Waals surface area contributed by atoms with Crippen LogP contribution in [0.3, 0.4) is 0 Å². The lowest BCUT2D eigenvalue weighted by molar-refractivity contribution is 0.0941. The van der Waals surface area contributed by atoms with Crippen LogP contribution < -0.4 is 10.1 Å². The van der Waals surface area contributed by atoms with Crippen molar-refractivity contribution in [3.05, 3.63) is 59.0 Å². The van der Waals surface area contributed by atoms with Gasteiger partial charge in [-0.1, -0.05) is 18.2 Å². The van der Waals surface area contributed by atoms with Crippen LogP contribution in [0, 0.1) is 13.8 Å². The summed E-state index contributed by atoms with van der Waals surface area (Å²) in [7, 11) is 1.62. The number of hydrogen-bond donors (Lipinski definition) is 1. The first-order valence-electron chi connectivity index (χ1n) is 7.77. The first-order valence-corrected chi connectivity index (χ1v) is 7.77. The normalized spacial score (nSPS) is 12.2. The summed E-state index contributed by atoms with van der Waals surface area (Å²) in [6, 6.07) is 9.36. The SMILES string of the molecule is COc1ccccc1C(C)NC(=O)c1cnn2c(C)cc(C)nc12. The molecule has 1 amide bonds. The molecule has 6 nitrogen and oxygen atoms in total. The van der Waals surface area contributed by atoms with Gasteiger partial charge >= 0.3 is 0 Å². The number of carbonyl (C=O) groups is 1. The van der Waals surface area contributed by atoms with E-state index in [0.717, 1.165) is 22.7 Å². The van der Waals surface area contributed by atoms with Crippen LogP contribution in [-0.2, 0) is 0 Å². The second-order valence-electron chi connectivity index (χ2n) is 5.77. The van der Waals surface area contributed by atoms with E-state index in [0.29, 0.717) is 11.2 Å². The van der Waals surface area contributed by atoms with Crippen molar-refractivity contribution in [1.82, 2.24) is 19.9 Å².